The Morgan fingerprint density at radius 3 is 2.40 bits per heavy atom. The van der Waals surface area contributed by atoms with Crippen molar-refractivity contribution < 1.29 is 9.59 Å². The van der Waals surface area contributed by atoms with Crippen LogP contribution in [0.3, 0.4) is 0 Å². The van der Waals surface area contributed by atoms with E-state index in [2.05, 4.69) is 6.82 Å². The van der Waals surface area contributed by atoms with Gasteiger partial charge in [-0.3, -0.25) is 19.1 Å². The normalized spacial score (nSPS) is 10.7. The lowest BCUT2D eigenvalue weighted by Crippen LogP contribution is -2.27. The Balaban J connectivity index is 2.21. The number of hydrogen-bond acceptors (Lipinski definition) is 2. The van der Waals surface area contributed by atoms with Crippen molar-refractivity contribution in [3.8, 4) is 0 Å². The van der Waals surface area contributed by atoms with Gasteiger partial charge in [-0.15, -0.1) is 11.6 Å². The Bertz CT molecular complexity index is 934. The van der Waals surface area contributed by atoms with Crippen LogP contribution in [0.1, 0.15) is 11.7 Å². The Hall–Kier alpha value is -2.53. The number of anilines is 2. The maximum Gasteiger partial charge on any atom is 0.246 e. The van der Waals surface area contributed by atoms with E-state index >= 15 is 0 Å². The predicted molar refractivity (Wildman–Crippen MR) is 105 cm³/mol. The summed E-state index contributed by atoms with van der Waals surface area (Å²) in [7, 11) is 0.924. The van der Waals surface area contributed by atoms with Crippen molar-refractivity contribution >= 4 is 58.4 Å². The number of aromatic nitrogens is 1. The molecule has 2 aromatic carbocycles. The van der Waals surface area contributed by atoms with E-state index in [0.717, 1.165) is 23.9 Å². The zero-order chi connectivity index (χ0) is 18.0. The Labute approximate surface area is 152 Å². The summed E-state index contributed by atoms with van der Waals surface area (Å²) in [5.74, 6) is -0.491. The van der Waals surface area contributed by atoms with Gasteiger partial charge in [-0.05, 0) is 18.2 Å². The third-order valence-corrected chi connectivity index (χ3v) is 4.47. The molecule has 0 radical (unpaired) electrons. The quantitative estimate of drug-likeness (QED) is 0.534. The fraction of sp³-hybridized carbons (Fsp3) is 0.158. The molecule has 0 atom stereocenters. The SMILES string of the molecule is CBc1ccc(N(C(=O)CCl)c2cn(C(C)=O)c3ccccc23)cc1. The smallest absolute Gasteiger partial charge is 0.246 e. The summed E-state index contributed by atoms with van der Waals surface area (Å²) < 4.78 is 1.56. The van der Waals surface area contributed by atoms with E-state index in [-0.39, 0.29) is 17.7 Å². The number of alkyl halides is 1. The van der Waals surface area contributed by atoms with Gasteiger partial charge >= 0.3 is 0 Å². The lowest BCUT2D eigenvalue weighted by molar-refractivity contribution is -0.115. The van der Waals surface area contributed by atoms with Crippen molar-refractivity contribution in [1.29, 1.82) is 0 Å². The zero-order valence-corrected chi connectivity index (χ0v) is 15.0. The molecule has 1 aromatic heterocycles. The largest absolute Gasteiger partial charge is 0.285 e. The van der Waals surface area contributed by atoms with Crippen molar-refractivity contribution in [2.45, 2.75) is 13.7 Å². The number of hydrogen-bond donors (Lipinski definition) is 0. The van der Waals surface area contributed by atoms with Gasteiger partial charge in [0.25, 0.3) is 0 Å². The van der Waals surface area contributed by atoms with Gasteiger partial charge in [-0.1, -0.05) is 42.6 Å². The molecule has 0 aliphatic rings. The van der Waals surface area contributed by atoms with Gasteiger partial charge in [0.1, 0.15) is 5.88 Å². The number of carbonyl (C=O) groups is 2. The van der Waals surface area contributed by atoms with Crippen LogP contribution in [0.15, 0.2) is 54.7 Å². The lowest BCUT2D eigenvalue weighted by Gasteiger charge is -2.21. The van der Waals surface area contributed by atoms with Crippen molar-refractivity contribution in [2.24, 2.45) is 0 Å². The minimum atomic E-state index is -0.239. The van der Waals surface area contributed by atoms with E-state index < -0.39 is 0 Å². The second-order valence-electron chi connectivity index (χ2n) is 5.80. The van der Waals surface area contributed by atoms with E-state index in [1.807, 2.05) is 48.5 Å². The summed E-state index contributed by atoms with van der Waals surface area (Å²) in [5.41, 5.74) is 3.34. The topological polar surface area (TPSA) is 42.3 Å². The highest BCUT2D eigenvalue weighted by molar-refractivity contribution is 6.51. The summed E-state index contributed by atoms with van der Waals surface area (Å²) in [6.45, 7) is 3.58. The highest BCUT2D eigenvalue weighted by Gasteiger charge is 2.22. The molecule has 3 rings (SSSR count). The summed E-state index contributed by atoms with van der Waals surface area (Å²) in [4.78, 5) is 26.2. The standard InChI is InChI=1S/C19H18BClN2O2/c1-13(24)22-12-18(16-5-3-4-6-17(16)22)23(19(25)11-21)15-9-7-14(20-2)8-10-15/h3-10,12,20H,11H2,1-2H3. The van der Waals surface area contributed by atoms with Crippen molar-refractivity contribution in [3.63, 3.8) is 0 Å². The number of benzene rings is 2. The fourth-order valence-corrected chi connectivity index (χ4v) is 3.08. The number of carbonyl (C=O) groups excluding carboxylic acids is 2. The Morgan fingerprint density at radius 1 is 1.12 bits per heavy atom. The Morgan fingerprint density at radius 2 is 1.80 bits per heavy atom. The van der Waals surface area contributed by atoms with Crippen LogP contribution >= 0.6 is 11.6 Å². The van der Waals surface area contributed by atoms with Crippen LogP contribution in [-0.2, 0) is 4.79 Å². The predicted octanol–water partition coefficient (Wildman–Crippen LogP) is 3.31. The first kappa shape index (κ1) is 17.3. The molecule has 0 saturated heterocycles. The molecule has 0 unspecified atom stereocenters. The molecular formula is C19H18BClN2O2. The first-order valence-corrected chi connectivity index (χ1v) is 8.69. The summed E-state index contributed by atoms with van der Waals surface area (Å²) in [6, 6.07) is 15.3. The van der Waals surface area contributed by atoms with Crippen molar-refractivity contribution in [1.82, 2.24) is 4.57 Å². The molecule has 0 aliphatic carbocycles. The third-order valence-electron chi connectivity index (χ3n) is 4.24. The molecule has 0 fully saturated rings. The van der Waals surface area contributed by atoms with E-state index in [1.165, 1.54) is 12.4 Å². The lowest BCUT2D eigenvalue weighted by atomic mass is 9.73. The first-order valence-electron chi connectivity index (χ1n) is 8.15. The molecule has 25 heavy (non-hydrogen) atoms. The molecule has 3 aromatic rings. The van der Waals surface area contributed by atoms with Crippen LogP contribution in [0, 0.1) is 0 Å². The highest BCUT2D eigenvalue weighted by Crippen LogP contribution is 2.34. The minimum Gasteiger partial charge on any atom is -0.285 e. The molecular weight excluding hydrogens is 334 g/mol. The van der Waals surface area contributed by atoms with Crippen LogP contribution in [0.4, 0.5) is 11.4 Å². The van der Waals surface area contributed by atoms with Crippen LogP contribution in [0.2, 0.25) is 6.82 Å². The number of amides is 1. The Kier molecular flexibility index (Phi) is 4.95. The van der Waals surface area contributed by atoms with Crippen LogP contribution in [0.25, 0.3) is 10.9 Å². The second-order valence-corrected chi connectivity index (χ2v) is 6.07. The molecule has 0 aliphatic heterocycles. The van der Waals surface area contributed by atoms with Gasteiger partial charge in [0.2, 0.25) is 11.8 Å². The first-order chi connectivity index (χ1) is 12.1. The number of fused-ring (bicyclic) bond motifs is 1. The van der Waals surface area contributed by atoms with Crippen LogP contribution in [-0.4, -0.2) is 29.5 Å². The van der Waals surface area contributed by atoms with E-state index in [0.29, 0.717) is 5.69 Å². The van der Waals surface area contributed by atoms with Crippen molar-refractivity contribution in [2.75, 3.05) is 10.8 Å². The van der Waals surface area contributed by atoms with Gasteiger partial charge in [0.15, 0.2) is 7.28 Å². The molecule has 1 amide bonds. The molecule has 0 N–H and O–H groups in total. The van der Waals surface area contributed by atoms with Gasteiger partial charge < -0.3 is 0 Å². The number of rotatable bonds is 4. The molecule has 4 nitrogen and oxygen atoms in total. The average Bonchev–Trinajstić information content (AvgIpc) is 3.02. The zero-order valence-electron chi connectivity index (χ0n) is 14.2. The average molecular weight is 353 g/mol. The van der Waals surface area contributed by atoms with E-state index in [4.69, 9.17) is 11.6 Å². The molecule has 0 saturated carbocycles. The van der Waals surface area contributed by atoms with E-state index in [9.17, 15) is 9.59 Å². The van der Waals surface area contributed by atoms with Crippen molar-refractivity contribution in [3.05, 3.63) is 54.7 Å². The summed E-state index contributed by atoms with van der Waals surface area (Å²) >= 11 is 5.86. The van der Waals surface area contributed by atoms with Gasteiger partial charge in [0, 0.05) is 24.2 Å². The van der Waals surface area contributed by atoms with E-state index in [1.54, 1.807) is 15.7 Å². The van der Waals surface area contributed by atoms with Crippen LogP contribution in [0.5, 0.6) is 0 Å². The number of nitrogens with zero attached hydrogens (tertiary/aromatic N) is 2. The summed E-state index contributed by atoms with van der Waals surface area (Å²) in [6.07, 6.45) is 1.70. The monoisotopic (exact) mass is 352 g/mol. The molecule has 126 valence electrons. The molecule has 1 heterocycles. The van der Waals surface area contributed by atoms with Gasteiger partial charge in [-0.25, -0.2) is 0 Å². The summed E-state index contributed by atoms with van der Waals surface area (Å²) in [5, 5.41) is 0.829. The second kappa shape index (κ2) is 7.15. The minimum absolute atomic E-state index is 0.109. The molecule has 0 spiro atoms. The third kappa shape index (κ3) is 3.20. The van der Waals surface area contributed by atoms with Crippen LogP contribution < -0.4 is 10.4 Å². The number of halogens is 1. The maximum absolute atomic E-state index is 12.6. The molecule has 6 heteroatoms. The molecule has 0 bridgehead atoms. The van der Waals surface area contributed by atoms with Gasteiger partial charge in [0.05, 0.1) is 11.2 Å². The highest BCUT2D eigenvalue weighted by atomic mass is 35.5. The maximum atomic E-state index is 12.6. The number of para-hydroxylation sites is 1. The fourth-order valence-electron chi connectivity index (χ4n) is 2.96. The van der Waals surface area contributed by atoms with Gasteiger partial charge in [-0.2, -0.15) is 0 Å².